The maximum atomic E-state index is 10.7. The Morgan fingerprint density at radius 1 is 1.62 bits per heavy atom. The highest BCUT2D eigenvalue weighted by molar-refractivity contribution is 14.1. The van der Waals surface area contributed by atoms with Gasteiger partial charge >= 0.3 is 6.09 Å². The van der Waals surface area contributed by atoms with Crippen LogP contribution < -0.4 is 5.73 Å². The third kappa shape index (κ3) is 3.64. The number of rotatable bonds is 4. The molecule has 88 valence electrons. The van der Waals surface area contributed by atoms with Crippen molar-refractivity contribution >= 4 is 28.7 Å². The van der Waals surface area contributed by atoms with Gasteiger partial charge in [-0.2, -0.15) is 0 Å². The fourth-order valence-corrected chi connectivity index (χ4v) is 1.99. The van der Waals surface area contributed by atoms with Crippen LogP contribution in [0.1, 0.15) is 25.0 Å². The minimum atomic E-state index is -0.864. The fraction of sp³-hybridized carbons (Fsp3) is 0.364. The molecule has 0 aliphatic heterocycles. The van der Waals surface area contributed by atoms with Gasteiger partial charge in [0.2, 0.25) is 0 Å². The van der Waals surface area contributed by atoms with Crippen molar-refractivity contribution in [3.05, 3.63) is 33.4 Å². The van der Waals surface area contributed by atoms with E-state index in [4.69, 9.17) is 10.5 Å². The normalized spacial score (nSPS) is 14.2. The number of benzene rings is 1. The number of hydrogen-bond donors (Lipinski definition) is 2. The third-order valence-electron chi connectivity index (χ3n) is 2.21. The van der Waals surface area contributed by atoms with Gasteiger partial charge in [-0.15, -0.1) is 0 Å². The van der Waals surface area contributed by atoms with E-state index in [0.29, 0.717) is 6.42 Å². The number of primary amides is 1. The van der Waals surface area contributed by atoms with E-state index in [2.05, 4.69) is 22.6 Å². The summed E-state index contributed by atoms with van der Waals surface area (Å²) in [6.07, 6.45) is -1.80. The molecule has 0 aliphatic rings. The first-order chi connectivity index (χ1) is 7.54. The standard InChI is InChI=1S/C11H14INO3/c1-2-9(16-11(13)15)10(14)7-4-3-5-8(12)6-7/h3-6,9-10,14H,2H2,1H3,(H2,13,15)/t9-,10-/m0/s1. The number of aliphatic hydroxyl groups excluding tert-OH is 1. The lowest BCUT2D eigenvalue weighted by Crippen LogP contribution is -2.27. The molecule has 0 saturated carbocycles. The van der Waals surface area contributed by atoms with Gasteiger partial charge in [0.25, 0.3) is 0 Å². The van der Waals surface area contributed by atoms with Crippen LogP contribution in [0.15, 0.2) is 24.3 Å². The van der Waals surface area contributed by atoms with E-state index in [1.54, 1.807) is 6.07 Å². The number of nitrogens with two attached hydrogens (primary N) is 1. The van der Waals surface area contributed by atoms with Crippen molar-refractivity contribution < 1.29 is 14.6 Å². The zero-order valence-corrected chi connectivity index (χ0v) is 11.0. The van der Waals surface area contributed by atoms with Crippen LogP contribution in [0.25, 0.3) is 0 Å². The Balaban J connectivity index is 2.82. The van der Waals surface area contributed by atoms with E-state index in [0.717, 1.165) is 9.13 Å². The molecule has 0 heterocycles. The molecule has 0 saturated heterocycles. The summed E-state index contributed by atoms with van der Waals surface area (Å²) in [6, 6.07) is 7.40. The van der Waals surface area contributed by atoms with Crippen LogP contribution >= 0.6 is 22.6 Å². The minimum Gasteiger partial charge on any atom is -0.443 e. The number of amides is 1. The highest BCUT2D eigenvalue weighted by atomic mass is 127. The molecule has 1 aromatic rings. The number of ether oxygens (including phenoxy) is 1. The average molecular weight is 335 g/mol. The molecular weight excluding hydrogens is 321 g/mol. The van der Waals surface area contributed by atoms with Crippen LogP contribution in [0.4, 0.5) is 4.79 Å². The summed E-state index contributed by atoms with van der Waals surface area (Å²) in [4.78, 5) is 10.7. The minimum absolute atomic E-state index is 0.510. The molecule has 0 radical (unpaired) electrons. The first-order valence-corrected chi connectivity index (χ1v) is 6.02. The second kappa shape index (κ2) is 6.05. The highest BCUT2D eigenvalue weighted by Crippen LogP contribution is 2.22. The summed E-state index contributed by atoms with van der Waals surface area (Å²) in [5, 5.41) is 10.0. The lowest BCUT2D eigenvalue weighted by Gasteiger charge is -2.21. The molecule has 0 unspecified atom stereocenters. The zero-order valence-electron chi connectivity index (χ0n) is 8.89. The molecule has 1 aromatic carbocycles. The molecule has 0 spiro atoms. The van der Waals surface area contributed by atoms with Gasteiger partial charge in [0.1, 0.15) is 12.2 Å². The number of hydrogen-bond acceptors (Lipinski definition) is 3. The average Bonchev–Trinajstić information content (AvgIpc) is 2.24. The third-order valence-corrected chi connectivity index (χ3v) is 2.88. The molecule has 0 bridgehead atoms. The largest absolute Gasteiger partial charge is 0.443 e. The molecule has 1 rings (SSSR count). The summed E-state index contributed by atoms with van der Waals surface area (Å²) in [5.74, 6) is 0. The SMILES string of the molecule is CC[C@H](OC(N)=O)[C@@H](O)c1cccc(I)c1. The Morgan fingerprint density at radius 3 is 2.81 bits per heavy atom. The van der Waals surface area contributed by atoms with Crippen LogP contribution in [-0.4, -0.2) is 17.3 Å². The Morgan fingerprint density at radius 2 is 2.31 bits per heavy atom. The van der Waals surface area contributed by atoms with Crippen molar-refractivity contribution in [2.45, 2.75) is 25.6 Å². The van der Waals surface area contributed by atoms with Gasteiger partial charge < -0.3 is 15.6 Å². The molecule has 16 heavy (non-hydrogen) atoms. The smallest absolute Gasteiger partial charge is 0.404 e. The molecule has 5 heteroatoms. The van der Waals surface area contributed by atoms with Crippen molar-refractivity contribution in [2.24, 2.45) is 5.73 Å². The summed E-state index contributed by atoms with van der Waals surface area (Å²) >= 11 is 2.16. The van der Waals surface area contributed by atoms with Gasteiger partial charge in [0.05, 0.1) is 0 Å². The lowest BCUT2D eigenvalue weighted by molar-refractivity contribution is 0.00334. The Kier molecular flexibility index (Phi) is 5.01. The predicted octanol–water partition coefficient (Wildman–Crippen LogP) is 2.20. The van der Waals surface area contributed by atoms with E-state index < -0.39 is 18.3 Å². The number of carbonyl (C=O) groups excluding carboxylic acids is 1. The Bertz CT molecular complexity index is 370. The predicted molar refractivity (Wildman–Crippen MR) is 68.9 cm³/mol. The van der Waals surface area contributed by atoms with Crippen LogP contribution in [0.5, 0.6) is 0 Å². The molecule has 0 aromatic heterocycles. The van der Waals surface area contributed by atoms with Crippen molar-refractivity contribution in [1.29, 1.82) is 0 Å². The van der Waals surface area contributed by atoms with Gasteiger partial charge in [-0.25, -0.2) is 4.79 Å². The molecule has 3 N–H and O–H groups in total. The topological polar surface area (TPSA) is 72.5 Å². The van der Waals surface area contributed by atoms with E-state index in [1.165, 1.54) is 0 Å². The fourth-order valence-electron chi connectivity index (χ4n) is 1.43. The molecule has 1 amide bonds. The van der Waals surface area contributed by atoms with Crippen molar-refractivity contribution in [3.8, 4) is 0 Å². The van der Waals surface area contributed by atoms with Gasteiger partial charge in [0.15, 0.2) is 0 Å². The summed E-state index contributed by atoms with van der Waals surface area (Å²) in [6.45, 7) is 1.82. The summed E-state index contributed by atoms with van der Waals surface area (Å²) < 4.78 is 5.86. The number of halogens is 1. The van der Waals surface area contributed by atoms with Crippen molar-refractivity contribution in [3.63, 3.8) is 0 Å². The maximum absolute atomic E-state index is 10.7. The van der Waals surface area contributed by atoms with Gasteiger partial charge in [-0.05, 0) is 46.7 Å². The molecule has 0 aliphatic carbocycles. The zero-order chi connectivity index (χ0) is 12.1. The van der Waals surface area contributed by atoms with Gasteiger partial charge in [-0.1, -0.05) is 19.1 Å². The summed E-state index contributed by atoms with van der Waals surface area (Å²) in [5.41, 5.74) is 5.66. The van der Waals surface area contributed by atoms with Crippen molar-refractivity contribution in [1.82, 2.24) is 0 Å². The van der Waals surface area contributed by atoms with E-state index in [1.807, 2.05) is 25.1 Å². The second-order valence-electron chi connectivity index (χ2n) is 3.38. The highest BCUT2D eigenvalue weighted by Gasteiger charge is 2.22. The number of carbonyl (C=O) groups is 1. The molecule has 4 nitrogen and oxygen atoms in total. The van der Waals surface area contributed by atoms with E-state index in [-0.39, 0.29) is 0 Å². The van der Waals surface area contributed by atoms with Gasteiger partial charge in [-0.3, -0.25) is 0 Å². The monoisotopic (exact) mass is 335 g/mol. The molecular formula is C11H14INO3. The lowest BCUT2D eigenvalue weighted by atomic mass is 10.0. The van der Waals surface area contributed by atoms with Crippen LogP contribution in [-0.2, 0) is 4.74 Å². The van der Waals surface area contributed by atoms with Crippen LogP contribution in [0.2, 0.25) is 0 Å². The molecule has 2 atom stereocenters. The van der Waals surface area contributed by atoms with Gasteiger partial charge in [0, 0.05) is 3.57 Å². The Hall–Kier alpha value is -0.820. The van der Waals surface area contributed by atoms with Crippen molar-refractivity contribution in [2.75, 3.05) is 0 Å². The first-order valence-electron chi connectivity index (χ1n) is 4.94. The quantitative estimate of drug-likeness (QED) is 0.829. The van der Waals surface area contributed by atoms with Crippen LogP contribution in [0, 0.1) is 3.57 Å². The van der Waals surface area contributed by atoms with Crippen LogP contribution in [0.3, 0.4) is 0 Å². The second-order valence-corrected chi connectivity index (χ2v) is 4.63. The van der Waals surface area contributed by atoms with E-state index >= 15 is 0 Å². The summed E-state index contributed by atoms with van der Waals surface area (Å²) in [7, 11) is 0. The maximum Gasteiger partial charge on any atom is 0.404 e. The van der Waals surface area contributed by atoms with E-state index in [9.17, 15) is 9.90 Å². The first kappa shape index (κ1) is 13.2. The Labute approximate surface area is 108 Å². The molecule has 0 fully saturated rings. The number of aliphatic hydroxyl groups is 1.